The maximum Gasteiger partial charge on any atom is 0.163 e. The number of aromatic nitrogens is 3. The Labute approximate surface area is 129 Å². The average Bonchev–Trinajstić information content (AvgIpc) is 2.95. The first-order valence-corrected chi connectivity index (χ1v) is 7.09. The van der Waals surface area contributed by atoms with Crippen molar-refractivity contribution in [2.75, 3.05) is 12.4 Å². The number of methoxy groups -OCH3 is 1. The SMILES string of the molecule is COc1ccc(NCc2nnc(-c3ccccc3)n2C)cc1. The molecular formula is C17H18N4O. The summed E-state index contributed by atoms with van der Waals surface area (Å²) in [5.41, 5.74) is 2.08. The van der Waals surface area contributed by atoms with E-state index < -0.39 is 0 Å². The molecule has 112 valence electrons. The Balaban J connectivity index is 1.72. The third-order valence-corrected chi connectivity index (χ3v) is 3.54. The predicted octanol–water partition coefficient (Wildman–Crippen LogP) is 3.10. The van der Waals surface area contributed by atoms with Crippen LogP contribution in [0.3, 0.4) is 0 Å². The summed E-state index contributed by atoms with van der Waals surface area (Å²) in [6, 6.07) is 17.9. The Hall–Kier alpha value is -2.82. The lowest BCUT2D eigenvalue weighted by molar-refractivity contribution is 0.415. The number of rotatable bonds is 5. The van der Waals surface area contributed by atoms with E-state index in [4.69, 9.17) is 4.74 Å². The topological polar surface area (TPSA) is 52.0 Å². The van der Waals surface area contributed by atoms with Crippen LogP contribution in [-0.2, 0) is 13.6 Å². The molecule has 5 heteroatoms. The quantitative estimate of drug-likeness (QED) is 0.785. The molecule has 3 rings (SSSR count). The number of ether oxygens (including phenoxy) is 1. The van der Waals surface area contributed by atoms with Gasteiger partial charge in [-0.3, -0.25) is 0 Å². The standard InChI is InChI=1S/C17H18N4O/c1-21-16(12-18-14-8-10-15(22-2)11-9-14)19-20-17(21)13-6-4-3-5-7-13/h3-11,18H,12H2,1-2H3. The zero-order valence-corrected chi connectivity index (χ0v) is 12.7. The summed E-state index contributed by atoms with van der Waals surface area (Å²) < 4.78 is 7.15. The maximum atomic E-state index is 5.15. The van der Waals surface area contributed by atoms with E-state index in [0.29, 0.717) is 6.54 Å². The largest absolute Gasteiger partial charge is 0.497 e. The van der Waals surface area contributed by atoms with Crippen molar-refractivity contribution in [1.82, 2.24) is 14.8 Å². The number of hydrogen-bond acceptors (Lipinski definition) is 4. The van der Waals surface area contributed by atoms with Gasteiger partial charge in [0.05, 0.1) is 13.7 Å². The minimum Gasteiger partial charge on any atom is -0.497 e. The molecule has 0 spiro atoms. The zero-order chi connectivity index (χ0) is 15.4. The number of hydrogen-bond donors (Lipinski definition) is 1. The molecular weight excluding hydrogens is 276 g/mol. The molecule has 0 saturated carbocycles. The Morgan fingerprint density at radius 2 is 1.73 bits per heavy atom. The molecule has 1 aromatic heterocycles. The first kappa shape index (κ1) is 14.1. The van der Waals surface area contributed by atoms with Gasteiger partial charge in [-0.25, -0.2) is 0 Å². The monoisotopic (exact) mass is 294 g/mol. The van der Waals surface area contributed by atoms with Gasteiger partial charge in [0.1, 0.15) is 5.75 Å². The van der Waals surface area contributed by atoms with E-state index in [1.807, 2.05) is 66.2 Å². The normalized spacial score (nSPS) is 10.5. The first-order valence-electron chi connectivity index (χ1n) is 7.09. The van der Waals surface area contributed by atoms with Gasteiger partial charge in [0.15, 0.2) is 11.6 Å². The van der Waals surface area contributed by atoms with Crippen LogP contribution >= 0.6 is 0 Å². The van der Waals surface area contributed by atoms with Crippen molar-refractivity contribution >= 4 is 5.69 Å². The van der Waals surface area contributed by atoms with Gasteiger partial charge in [0, 0.05) is 18.3 Å². The fraction of sp³-hybridized carbons (Fsp3) is 0.176. The summed E-state index contributed by atoms with van der Waals surface area (Å²) >= 11 is 0. The fourth-order valence-electron chi connectivity index (χ4n) is 2.24. The lowest BCUT2D eigenvalue weighted by Crippen LogP contribution is -2.06. The van der Waals surface area contributed by atoms with Gasteiger partial charge in [-0.05, 0) is 24.3 Å². The van der Waals surface area contributed by atoms with Crippen molar-refractivity contribution < 1.29 is 4.74 Å². The molecule has 0 aliphatic heterocycles. The highest BCUT2D eigenvalue weighted by Crippen LogP contribution is 2.18. The second-order valence-electron chi connectivity index (χ2n) is 4.95. The molecule has 0 atom stereocenters. The Bertz CT molecular complexity index is 735. The van der Waals surface area contributed by atoms with E-state index in [1.165, 1.54) is 0 Å². The molecule has 3 aromatic rings. The molecule has 22 heavy (non-hydrogen) atoms. The summed E-state index contributed by atoms with van der Waals surface area (Å²) in [5.74, 6) is 2.59. The molecule has 0 aliphatic rings. The second-order valence-corrected chi connectivity index (χ2v) is 4.95. The average molecular weight is 294 g/mol. The van der Waals surface area contributed by atoms with Gasteiger partial charge in [-0.1, -0.05) is 30.3 Å². The summed E-state index contributed by atoms with van der Waals surface area (Å²) in [5, 5.41) is 11.9. The summed E-state index contributed by atoms with van der Waals surface area (Å²) in [4.78, 5) is 0. The van der Waals surface area contributed by atoms with Gasteiger partial charge < -0.3 is 14.6 Å². The third-order valence-electron chi connectivity index (χ3n) is 3.54. The molecule has 0 fully saturated rings. The molecule has 0 amide bonds. The summed E-state index contributed by atoms with van der Waals surface area (Å²) in [7, 11) is 3.64. The Morgan fingerprint density at radius 1 is 1.00 bits per heavy atom. The number of anilines is 1. The number of benzene rings is 2. The smallest absolute Gasteiger partial charge is 0.163 e. The van der Waals surface area contributed by atoms with Gasteiger partial charge >= 0.3 is 0 Å². The third kappa shape index (κ3) is 2.93. The summed E-state index contributed by atoms with van der Waals surface area (Å²) in [6.45, 7) is 0.614. The highest BCUT2D eigenvalue weighted by atomic mass is 16.5. The van der Waals surface area contributed by atoms with Crippen molar-refractivity contribution in [3.63, 3.8) is 0 Å². The molecule has 0 unspecified atom stereocenters. The lowest BCUT2D eigenvalue weighted by Gasteiger charge is -2.08. The Morgan fingerprint density at radius 3 is 2.41 bits per heavy atom. The predicted molar refractivity (Wildman–Crippen MR) is 86.8 cm³/mol. The molecule has 1 heterocycles. The van der Waals surface area contributed by atoms with Crippen LogP contribution < -0.4 is 10.1 Å². The van der Waals surface area contributed by atoms with Crippen molar-refractivity contribution in [3.8, 4) is 17.1 Å². The van der Waals surface area contributed by atoms with Crippen molar-refractivity contribution in [2.24, 2.45) is 7.05 Å². The van der Waals surface area contributed by atoms with Crippen LogP contribution in [0.25, 0.3) is 11.4 Å². The van der Waals surface area contributed by atoms with E-state index in [9.17, 15) is 0 Å². The highest BCUT2D eigenvalue weighted by Gasteiger charge is 2.09. The lowest BCUT2D eigenvalue weighted by atomic mass is 10.2. The van der Waals surface area contributed by atoms with Crippen molar-refractivity contribution in [2.45, 2.75) is 6.54 Å². The van der Waals surface area contributed by atoms with Gasteiger partial charge in [-0.2, -0.15) is 0 Å². The van der Waals surface area contributed by atoms with Gasteiger partial charge in [0.2, 0.25) is 0 Å². The zero-order valence-electron chi connectivity index (χ0n) is 12.7. The van der Waals surface area contributed by atoms with Crippen LogP contribution in [0.4, 0.5) is 5.69 Å². The van der Waals surface area contributed by atoms with Crippen LogP contribution in [0.15, 0.2) is 54.6 Å². The molecule has 5 nitrogen and oxygen atoms in total. The molecule has 0 aliphatic carbocycles. The molecule has 1 N–H and O–H groups in total. The summed E-state index contributed by atoms with van der Waals surface area (Å²) in [6.07, 6.45) is 0. The number of nitrogens with one attached hydrogen (secondary N) is 1. The van der Waals surface area contributed by atoms with E-state index >= 15 is 0 Å². The number of nitrogens with zero attached hydrogens (tertiary/aromatic N) is 3. The minimum absolute atomic E-state index is 0.614. The van der Waals surface area contributed by atoms with Gasteiger partial charge in [0.25, 0.3) is 0 Å². The van der Waals surface area contributed by atoms with Crippen molar-refractivity contribution in [1.29, 1.82) is 0 Å². The highest BCUT2D eigenvalue weighted by molar-refractivity contribution is 5.55. The van der Waals surface area contributed by atoms with Crippen molar-refractivity contribution in [3.05, 3.63) is 60.4 Å². The van der Waals surface area contributed by atoms with Crippen LogP contribution in [-0.4, -0.2) is 21.9 Å². The molecule has 0 saturated heterocycles. The van der Waals surface area contributed by atoms with Crippen LogP contribution in [0.1, 0.15) is 5.82 Å². The molecule has 0 bridgehead atoms. The van der Waals surface area contributed by atoms with Crippen LogP contribution in [0.2, 0.25) is 0 Å². The second kappa shape index (κ2) is 6.30. The van der Waals surface area contributed by atoms with E-state index in [0.717, 1.165) is 28.6 Å². The maximum absolute atomic E-state index is 5.15. The first-order chi connectivity index (χ1) is 10.8. The fourth-order valence-corrected chi connectivity index (χ4v) is 2.24. The van der Waals surface area contributed by atoms with E-state index in [2.05, 4.69) is 15.5 Å². The van der Waals surface area contributed by atoms with Crippen LogP contribution in [0, 0.1) is 0 Å². The van der Waals surface area contributed by atoms with Crippen LogP contribution in [0.5, 0.6) is 5.75 Å². The van der Waals surface area contributed by atoms with E-state index in [1.54, 1.807) is 7.11 Å². The van der Waals surface area contributed by atoms with Gasteiger partial charge in [-0.15, -0.1) is 10.2 Å². The Kier molecular flexibility index (Phi) is 4.05. The van der Waals surface area contributed by atoms with E-state index in [-0.39, 0.29) is 0 Å². The molecule has 0 radical (unpaired) electrons. The molecule has 2 aromatic carbocycles. The minimum atomic E-state index is 0.614.